The number of halogens is 2. The Kier molecular flexibility index (Phi) is 4.47. The average molecular weight is 324 g/mol. The van der Waals surface area contributed by atoms with Crippen molar-refractivity contribution in [3.8, 4) is 0 Å². The van der Waals surface area contributed by atoms with Crippen LogP contribution in [0.15, 0.2) is 42.5 Å². The van der Waals surface area contributed by atoms with Crippen LogP contribution in [-0.4, -0.2) is 0 Å². The molecule has 0 aliphatic rings. The average Bonchev–Trinajstić information content (AvgIpc) is 2.35. The summed E-state index contributed by atoms with van der Waals surface area (Å²) in [4.78, 5) is 0.345. The van der Waals surface area contributed by atoms with Crippen LogP contribution in [0.25, 0.3) is 0 Å². The van der Waals surface area contributed by atoms with Gasteiger partial charge in [-0.3, -0.25) is 0 Å². The Labute approximate surface area is 122 Å². The lowest BCUT2D eigenvalue weighted by Gasteiger charge is -2.12. The summed E-state index contributed by atoms with van der Waals surface area (Å²) in [6.07, 6.45) is 0.972. The first-order valence-electron chi connectivity index (χ1n) is 6.02. The van der Waals surface area contributed by atoms with Crippen molar-refractivity contribution < 1.29 is 0 Å². The van der Waals surface area contributed by atoms with E-state index in [1.165, 1.54) is 22.3 Å². The van der Waals surface area contributed by atoms with E-state index < -0.39 is 0 Å². The molecule has 18 heavy (non-hydrogen) atoms. The predicted molar refractivity (Wildman–Crippen MR) is 82.7 cm³/mol. The molecule has 0 heterocycles. The lowest BCUT2D eigenvalue weighted by atomic mass is 10.0. The van der Waals surface area contributed by atoms with Crippen LogP contribution >= 0.6 is 27.5 Å². The minimum Gasteiger partial charge on any atom is -0.0843 e. The molecule has 0 radical (unpaired) electrons. The van der Waals surface area contributed by atoms with Crippen molar-refractivity contribution in [3.05, 3.63) is 69.7 Å². The Hall–Kier alpha value is -0.790. The third-order valence-corrected chi connectivity index (χ3v) is 4.33. The summed E-state index contributed by atoms with van der Waals surface area (Å²) in [6.45, 7) is 4.29. The van der Waals surface area contributed by atoms with E-state index in [0.29, 0.717) is 4.83 Å². The lowest BCUT2D eigenvalue weighted by molar-refractivity contribution is 0.945. The first-order chi connectivity index (χ1) is 8.56. The topological polar surface area (TPSA) is 0 Å². The summed E-state index contributed by atoms with van der Waals surface area (Å²) in [6, 6.07) is 14.7. The number of aryl methyl sites for hydroxylation is 2. The number of alkyl halides is 1. The zero-order chi connectivity index (χ0) is 13.1. The zero-order valence-corrected chi connectivity index (χ0v) is 12.9. The molecule has 0 amide bonds. The molecule has 1 atom stereocenters. The first kappa shape index (κ1) is 13.6. The fourth-order valence-corrected chi connectivity index (χ4v) is 2.69. The minimum absolute atomic E-state index is 0.345. The number of rotatable bonds is 3. The molecule has 0 saturated heterocycles. The van der Waals surface area contributed by atoms with Crippen LogP contribution < -0.4 is 0 Å². The molecule has 2 rings (SSSR count). The first-order valence-corrected chi connectivity index (χ1v) is 7.31. The quantitative estimate of drug-likeness (QED) is 0.642. The van der Waals surface area contributed by atoms with E-state index in [-0.39, 0.29) is 0 Å². The van der Waals surface area contributed by atoms with Gasteiger partial charge in [0.05, 0.1) is 0 Å². The molecule has 1 unspecified atom stereocenters. The van der Waals surface area contributed by atoms with E-state index in [4.69, 9.17) is 11.6 Å². The Bertz CT molecular complexity index is 531. The standard InChI is InChI=1S/C16H16BrCl/c1-11-3-6-14(9-12(11)2)16(17)10-13-4-7-15(18)8-5-13/h3-9,16H,10H2,1-2H3. The SMILES string of the molecule is Cc1ccc(C(Br)Cc2ccc(Cl)cc2)cc1C. The molecule has 2 aromatic rings. The molecule has 94 valence electrons. The third kappa shape index (κ3) is 3.37. The maximum atomic E-state index is 5.89. The highest BCUT2D eigenvalue weighted by molar-refractivity contribution is 9.09. The summed E-state index contributed by atoms with van der Waals surface area (Å²) >= 11 is 9.66. The van der Waals surface area contributed by atoms with E-state index in [1.807, 2.05) is 12.1 Å². The van der Waals surface area contributed by atoms with Gasteiger partial charge in [0.1, 0.15) is 0 Å². The number of hydrogen-bond acceptors (Lipinski definition) is 0. The molecule has 0 spiro atoms. The maximum absolute atomic E-state index is 5.89. The van der Waals surface area contributed by atoms with E-state index in [9.17, 15) is 0 Å². The summed E-state index contributed by atoms with van der Waals surface area (Å²) < 4.78 is 0. The smallest absolute Gasteiger partial charge is 0.0435 e. The molecule has 2 aromatic carbocycles. The van der Waals surface area contributed by atoms with Crippen molar-refractivity contribution in [1.82, 2.24) is 0 Å². The van der Waals surface area contributed by atoms with Gasteiger partial charge >= 0.3 is 0 Å². The molecule has 0 aliphatic carbocycles. The summed E-state index contributed by atoms with van der Waals surface area (Å²) in [7, 11) is 0. The van der Waals surface area contributed by atoms with E-state index in [2.05, 4.69) is 60.1 Å². The minimum atomic E-state index is 0.345. The van der Waals surface area contributed by atoms with Crippen LogP contribution in [0, 0.1) is 13.8 Å². The number of hydrogen-bond donors (Lipinski definition) is 0. The lowest BCUT2D eigenvalue weighted by Crippen LogP contribution is -1.96. The molecule has 2 heteroatoms. The van der Waals surface area contributed by atoms with Crippen LogP contribution in [0.3, 0.4) is 0 Å². The van der Waals surface area contributed by atoms with Crippen molar-refractivity contribution >= 4 is 27.5 Å². The highest BCUT2D eigenvalue weighted by Gasteiger charge is 2.09. The Balaban J connectivity index is 2.13. The molecule has 0 N–H and O–H groups in total. The normalized spacial score (nSPS) is 12.4. The molecule has 0 fully saturated rings. The molecule has 0 nitrogen and oxygen atoms in total. The van der Waals surface area contributed by atoms with Crippen LogP contribution in [0.4, 0.5) is 0 Å². The third-order valence-electron chi connectivity index (χ3n) is 3.22. The van der Waals surface area contributed by atoms with Gasteiger partial charge in [-0.25, -0.2) is 0 Å². The van der Waals surface area contributed by atoms with Crippen molar-refractivity contribution in [2.75, 3.05) is 0 Å². The molecule has 0 aromatic heterocycles. The van der Waals surface area contributed by atoms with Gasteiger partial charge in [-0.15, -0.1) is 0 Å². The van der Waals surface area contributed by atoms with Gasteiger partial charge in [0.25, 0.3) is 0 Å². The van der Waals surface area contributed by atoms with E-state index in [1.54, 1.807) is 0 Å². The summed E-state index contributed by atoms with van der Waals surface area (Å²) in [5, 5.41) is 0.788. The molecule has 0 saturated carbocycles. The van der Waals surface area contributed by atoms with Crippen molar-refractivity contribution in [2.24, 2.45) is 0 Å². The monoisotopic (exact) mass is 322 g/mol. The van der Waals surface area contributed by atoms with Gasteiger partial charge in [0, 0.05) is 9.85 Å². The molecule has 0 bridgehead atoms. The number of benzene rings is 2. The van der Waals surface area contributed by atoms with Gasteiger partial charge in [0.2, 0.25) is 0 Å². The zero-order valence-electron chi connectivity index (χ0n) is 10.6. The van der Waals surface area contributed by atoms with E-state index in [0.717, 1.165) is 11.4 Å². The van der Waals surface area contributed by atoms with Crippen molar-refractivity contribution in [1.29, 1.82) is 0 Å². The van der Waals surface area contributed by atoms with Gasteiger partial charge in [-0.05, 0) is 54.7 Å². The Morgan fingerprint density at radius 3 is 2.28 bits per heavy atom. The van der Waals surface area contributed by atoms with E-state index >= 15 is 0 Å². The van der Waals surface area contributed by atoms with Crippen molar-refractivity contribution in [2.45, 2.75) is 25.1 Å². The van der Waals surface area contributed by atoms with Crippen molar-refractivity contribution in [3.63, 3.8) is 0 Å². The van der Waals surface area contributed by atoms with Gasteiger partial charge in [0.15, 0.2) is 0 Å². The molecular formula is C16H16BrCl. The van der Waals surface area contributed by atoms with Gasteiger partial charge in [-0.1, -0.05) is 57.9 Å². The second-order valence-corrected chi connectivity index (χ2v) is 6.18. The van der Waals surface area contributed by atoms with Crippen LogP contribution in [0.1, 0.15) is 27.1 Å². The van der Waals surface area contributed by atoms with Crippen LogP contribution in [-0.2, 0) is 6.42 Å². The Morgan fingerprint density at radius 1 is 1.00 bits per heavy atom. The highest BCUT2D eigenvalue weighted by Crippen LogP contribution is 2.28. The summed E-state index contributed by atoms with van der Waals surface area (Å²) in [5.74, 6) is 0. The second kappa shape index (κ2) is 5.90. The molecule has 0 aliphatic heterocycles. The van der Waals surface area contributed by atoms with Gasteiger partial charge in [-0.2, -0.15) is 0 Å². The predicted octanol–water partition coefficient (Wildman–Crippen LogP) is 5.64. The Morgan fingerprint density at radius 2 is 1.67 bits per heavy atom. The molecular weight excluding hydrogens is 308 g/mol. The van der Waals surface area contributed by atoms with Gasteiger partial charge < -0.3 is 0 Å². The largest absolute Gasteiger partial charge is 0.0843 e. The van der Waals surface area contributed by atoms with Crippen LogP contribution in [0.2, 0.25) is 5.02 Å². The highest BCUT2D eigenvalue weighted by atomic mass is 79.9. The summed E-state index contributed by atoms with van der Waals surface area (Å²) in [5.41, 5.74) is 5.30. The fraction of sp³-hybridized carbons (Fsp3) is 0.250. The second-order valence-electron chi connectivity index (χ2n) is 4.64. The maximum Gasteiger partial charge on any atom is 0.0435 e. The van der Waals surface area contributed by atoms with Crippen LogP contribution in [0.5, 0.6) is 0 Å². The fourth-order valence-electron chi connectivity index (χ4n) is 1.90.